The third kappa shape index (κ3) is 4.30. The molecule has 9 nitrogen and oxygen atoms in total. The summed E-state index contributed by atoms with van der Waals surface area (Å²) in [6.45, 7) is 18.7. The highest BCUT2D eigenvalue weighted by molar-refractivity contribution is 5.68. The molecule has 47 heavy (non-hydrogen) atoms. The summed E-state index contributed by atoms with van der Waals surface area (Å²) < 4.78 is 24.7. The number of ether oxygens (including phenoxy) is 4. The van der Waals surface area contributed by atoms with E-state index in [2.05, 4.69) is 48.5 Å². The van der Waals surface area contributed by atoms with E-state index >= 15 is 0 Å². The van der Waals surface area contributed by atoms with Gasteiger partial charge in [0, 0.05) is 38.0 Å². The Labute approximate surface area is 282 Å². The van der Waals surface area contributed by atoms with Crippen molar-refractivity contribution in [1.29, 1.82) is 0 Å². The van der Waals surface area contributed by atoms with Crippen LogP contribution in [-0.4, -0.2) is 98.0 Å². The number of amides is 2. The molecule has 266 valence electrons. The summed E-state index contributed by atoms with van der Waals surface area (Å²) in [7, 11) is 3.43. The molecular weight excluding hydrogens is 596 g/mol. The molecule has 0 aromatic heterocycles. The van der Waals surface area contributed by atoms with Crippen molar-refractivity contribution >= 4 is 12.2 Å². The Morgan fingerprint density at radius 2 is 1.64 bits per heavy atom. The molecule has 0 radical (unpaired) electrons. The van der Waals surface area contributed by atoms with Crippen molar-refractivity contribution < 1.29 is 33.6 Å². The Morgan fingerprint density at radius 1 is 0.936 bits per heavy atom. The Balaban J connectivity index is 1.13. The highest BCUT2D eigenvalue weighted by Crippen LogP contribution is 2.92. The topological polar surface area (TPSA) is 97.8 Å². The van der Waals surface area contributed by atoms with Crippen molar-refractivity contribution in [2.24, 2.45) is 50.2 Å². The van der Waals surface area contributed by atoms with Gasteiger partial charge in [-0.15, -0.1) is 0 Å². The van der Waals surface area contributed by atoms with Crippen LogP contribution in [0.3, 0.4) is 0 Å². The number of aliphatic hydroxyl groups excluding tert-OH is 1. The number of hydrogen-bond donors (Lipinski definition) is 1. The molecule has 7 aliphatic rings. The average molecular weight is 659 g/mol. The number of carbonyl (C=O) groups is 2. The van der Waals surface area contributed by atoms with E-state index in [4.69, 9.17) is 18.9 Å². The molecule has 12 unspecified atom stereocenters. The molecule has 2 heterocycles. The van der Waals surface area contributed by atoms with Gasteiger partial charge in [0.1, 0.15) is 12.2 Å². The first-order chi connectivity index (χ1) is 22.0. The summed E-state index contributed by atoms with van der Waals surface area (Å²) in [5.74, 6) is 0.841. The number of nitrogens with zero attached hydrogens (tertiary/aromatic N) is 2. The van der Waals surface area contributed by atoms with Gasteiger partial charge in [-0.3, -0.25) is 0 Å². The first-order valence-electron chi connectivity index (χ1n) is 18.8. The number of hydrogen-bond acceptors (Lipinski definition) is 7. The third-order valence-electron chi connectivity index (χ3n) is 16.6. The molecule has 7 rings (SSSR count). The van der Waals surface area contributed by atoms with Crippen LogP contribution in [0.5, 0.6) is 0 Å². The van der Waals surface area contributed by atoms with Crippen molar-refractivity contribution in [3.05, 3.63) is 0 Å². The molecule has 2 amide bonds. The van der Waals surface area contributed by atoms with Crippen LogP contribution in [0.4, 0.5) is 9.59 Å². The normalized spacial score (nSPS) is 48.6. The SMILES string of the molecule is CC(C)C(OC(=O)N(C)C)C1CCC2C(O1)C(O)C1(C)C3CCC4(C)C(C)(C)C(OC(=O)N5CCOCC5)CCC45CC35CCC21C. The van der Waals surface area contributed by atoms with Crippen molar-refractivity contribution in [2.45, 2.75) is 137 Å². The van der Waals surface area contributed by atoms with Crippen LogP contribution < -0.4 is 0 Å². The van der Waals surface area contributed by atoms with Gasteiger partial charge in [-0.1, -0.05) is 48.5 Å². The van der Waals surface area contributed by atoms with Crippen LogP contribution in [0.15, 0.2) is 0 Å². The van der Waals surface area contributed by atoms with Crippen molar-refractivity contribution in [1.82, 2.24) is 9.80 Å². The number of morpholine rings is 1. The number of aliphatic hydroxyl groups is 1. The molecular formula is C38H62N2O7. The fourth-order valence-corrected chi connectivity index (χ4v) is 13.4. The molecule has 9 heteroatoms. The maximum Gasteiger partial charge on any atom is 0.410 e. The summed E-state index contributed by atoms with van der Waals surface area (Å²) >= 11 is 0. The van der Waals surface area contributed by atoms with Gasteiger partial charge in [0.15, 0.2) is 0 Å². The van der Waals surface area contributed by atoms with E-state index in [-0.39, 0.29) is 75.0 Å². The molecule has 2 spiro atoms. The second kappa shape index (κ2) is 11.0. The lowest BCUT2D eigenvalue weighted by atomic mass is 9.38. The first kappa shape index (κ1) is 33.9. The van der Waals surface area contributed by atoms with Crippen LogP contribution in [0.1, 0.15) is 106 Å². The second-order valence-corrected chi connectivity index (χ2v) is 18.5. The highest BCUT2D eigenvalue weighted by atomic mass is 16.6. The smallest absolute Gasteiger partial charge is 0.410 e. The first-order valence-corrected chi connectivity index (χ1v) is 18.8. The van der Waals surface area contributed by atoms with Gasteiger partial charge in [0.2, 0.25) is 0 Å². The molecule has 7 fully saturated rings. The Morgan fingerprint density at radius 3 is 2.30 bits per heavy atom. The van der Waals surface area contributed by atoms with Gasteiger partial charge in [0.05, 0.1) is 31.5 Å². The fourth-order valence-electron chi connectivity index (χ4n) is 13.4. The summed E-state index contributed by atoms with van der Waals surface area (Å²) in [5.41, 5.74) is 0.0471. The number of carbonyl (C=O) groups excluding carboxylic acids is 2. The predicted molar refractivity (Wildman–Crippen MR) is 178 cm³/mol. The van der Waals surface area contributed by atoms with Crippen molar-refractivity contribution in [3.8, 4) is 0 Å². The minimum atomic E-state index is -0.555. The van der Waals surface area contributed by atoms with Crippen LogP contribution in [0.25, 0.3) is 0 Å². The lowest BCUT2D eigenvalue weighted by Gasteiger charge is -2.67. The number of fused-ring (bicyclic) bond motifs is 4. The molecule has 1 N–H and O–H groups in total. The predicted octanol–water partition coefficient (Wildman–Crippen LogP) is 6.50. The van der Waals surface area contributed by atoms with Crippen molar-refractivity contribution in [2.75, 3.05) is 40.4 Å². The van der Waals surface area contributed by atoms with Gasteiger partial charge in [-0.2, -0.15) is 0 Å². The van der Waals surface area contributed by atoms with Gasteiger partial charge in [0.25, 0.3) is 0 Å². The van der Waals surface area contributed by atoms with E-state index in [0.717, 1.165) is 44.9 Å². The maximum atomic E-state index is 13.3. The second-order valence-electron chi connectivity index (χ2n) is 18.5. The lowest BCUT2D eigenvalue weighted by Crippen LogP contribution is -2.63. The zero-order valence-corrected chi connectivity index (χ0v) is 30.6. The zero-order valence-electron chi connectivity index (χ0n) is 30.6. The van der Waals surface area contributed by atoms with Crippen LogP contribution in [-0.2, 0) is 18.9 Å². The zero-order chi connectivity index (χ0) is 33.9. The highest BCUT2D eigenvalue weighted by Gasteiger charge is 2.87. The largest absolute Gasteiger partial charge is 0.446 e. The molecule has 12 atom stereocenters. The average Bonchev–Trinajstić information content (AvgIpc) is 3.68. The van der Waals surface area contributed by atoms with Crippen LogP contribution >= 0.6 is 0 Å². The molecule has 5 saturated carbocycles. The quantitative estimate of drug-likeness (QED) is 0.368. The van der Waals surface area contributed by atoms with Gasteiger partial charge in [-0.25, -0.2) is 9.59 Å². The molecule has 0 bridgehead atoms. The van der Waals surface area contributed by atoms with Crippen LogP contribution in [0, 0.1) is 50.2 Å². The lowest BCUT2D eigenvalue weighted by molar-refractivity contribution is -0.214. The minimum Gasteiger partial charge on any atom is -0.446 e. The molecule has 0 aromatic rings. The molecule has 2 saturated heterocycles. The Kier molecular flexibility index (Phi) is 7.90. The van der Waals surface area contributed by atoms with E-state index < -0.39 is 6.10 Å². The van der Waals surface area contributed by atoms with Crippen molar-refractivity contribution in [3.63, 3.8) is 0 Å². The van der Waals surface area contributed by atoms with Gasteiger partial charge in [-0.05, 0) is 97.2 Å². The molecule has 5 aliphatic carbocycles. The monoisotopic (exact) mass is 658 g/mol. The van der Waals surface area contributed by atoms with E-state index in [9.17, 15) is 14.7 Å². The summed E-state index contributed by atoms with van der Waals surface area (Å²) in [5, 5.41) is 12.5. The summed E-state index contributed by atoms with van der Waals surface area (Å²) in [6, 6.07) is 0. The summed E-state index contributed by atoms with van der Waals surface area (Å²) in [4.78, 5) is 29.2. The Bertz CT molecular complexity index is 1270. The minimum absolute atomic E-state index is 0.0104. The maximum absolute atomic E-state index is 13.3. The third-order valence-corrected chi connectivity index (χ3v) is 16.6. The van der Waals surface area contributed by atoms with E-state index in [0.29, 0.717) is 38.1 Å². The standard InChI is InChI=1S/C38H62N2O7/c1-23(2)28(47-31(42)39(8)9)25-11-10-24-29(45-25)30(41)36(7)26-12-14-35(6)33(3,4)27(46-32(43)40-18-20-44-21-19-40)13-15-38(35)22-37(26,38)17-16-34(24,36)5/h23-30,41H,10-22H2,1-9H3. The summed E-state index contributed by atoms with van der Waals surface area (Å²) in [6.07, 6.45) is 7.58. The number of rotatable bonds is 4. The van der Waals surface area contributed by atoms with Gasteiger partial charge < -0.3 is 33.9 Å². The fraction of sp³-hybridized carbons (Fsp3) is 0.947. The Hall–Kier alpha value is -1.58. The van der Waals surface area contributed by atoms with E-state index in [1.54, 1.807) is 14.1 Å². The van der Waals surface area contributed by atoms with E-state index in [1.807, 2.05) is 4.90 Å². The van der Waals surface area contributed by atoms with Crippen LogP contribution in [0.2, 0.25) is 0 Å². The molecule has 0 aromatic carbocycles. The molecule has 2 aliphatic heterocycles. The van der Waals surface area contributed by atoms with Gasteiger partial charge >= 0.3 is 12.2 Å². The van der Waals surface area contributed by atoms with E-state index in [1.165, 1.54) is 17.7 Å².